The molecule has 5 heteroatoms. The molecule has 2 bridgehead atoms. The van der Waals surface area contributed by atoms with Gasteiger partial charge in [0.1, 0.15) is 0 Å². The number of anilines is 1. The van der Waals surface area contributed by atoms with Crippen LogP contribution in [0.2, 0.25) is 5.02 Å². The summed E-state index contributed by atoms with van der Waals surface area (Å²) in [5.41, 5.74) is 2.51. The quantitative estimate of drug-likeness (QED) is 0.808. The molecule has 0 saturated heterocycles. The second-order valence-electron chi connectivity index (χ2n) is 7.29. The minimum atomic E-state index is -0.356. The first kappa shape index (κ1) is 17.3. The van der Waals surface area contributed by atoms with E-state index >= 15 is 0 Å². The summed E-state index contributed by atoms with van der Waals surface area (Å²) < 4.78 is 5.16. The van der Waals surface area contributed by atoms with E-state index in [0.717, 1.165) is 23.5 Å². The number of rotatable bonds is 5. The molecule has 3 rings (SSSR count). The number of aryl methyl sites for hydroxylation is 2. The van der Waals surface area contributed by atoms with Gasteiger partial charge in [0.25, 0.3) is 5.91 Å². The van der Waals surface area contributed by atoms with Crippen LogP contribution in [0.15, 0.2) is 12.1 Å². The minimum Gasteiger partial charge on any atom is -0.456 e. The maximum atomic E-state index is 12.0. The molecule has 0 aromatic heterocycles. The predicted molar refractivity (Wildman–Crippen MR) is 94.1 cm³/mol. The molecule has 2 saturated carbocycles. The van der Waals surface area contributed by atoms with Crippen molar-refractivity contribution in [2.75, 3.05) is 11.9 Å². The van der Waals surface area contributed by atoms with Crippen LogP contribution in [0.3, 0.4) is 0 Å². The molecule has 1 aromatic rings. The van der Waals surface area contributed by atoms with Crippen LogP contribution < -0.4 is 5.32 Å². The number of halogens is 1. The Kier molecular flexibility index (Phi) is 5.14. The number of hydrogen-bond donors (Lipinski definition) is 1. The fraction of sp³-hybridized carbons (Fsp3) is 0.579. The van der Waals surface area contributed by atoms with E-state index < -0.39 is 0 Å². The minimum absolute atomic E-state index is 0.261. The van der Waals surface area contributed by atoms with Crippen molar-refractivity contribution < 1.29 is 14.3 Å². The number of nitrogens with one attached hydrogen (secondary N) is 1. The lowest BCUT2D eigenvalue weighted by molar-refractivity contribution is -0.148. The summed E-state index contributed by atoms with van der Waals surface area (Å²) in [6.07, 6.45) is 5.41. The SMILES string of the molecule is Cc1cc(C)c(NC(=O)COC(=O)C[C@@H]2C[C@H]3CC[C@@H]2C3)c(Cl)c1. The molecule has 1 amide bonds. The van der Waals surface area contributed by atoms with E-state index in [0.29, 0.717) is 29.0 Å². The van der Waals surface area contributed by atoms with E-state index in [-0.39, 0.29) is 18.5 Å². The van der Waals surface area contributed by atoms with Crippen LogP contribution in [0.25, 0.3) is 0 Å². The number of fused-ring (bicyclic) bond motifs is 2. The third kappa shape index (κ3) is 3.92. The number of esters is 1. The monoisotopic (exact) mass is 349 g/mol. The smallest absolute Gasteiger partial charge is 0.306 e. The lowest BCUT2D eigenvalue weighted by Gasteiger charge is -2.20. The molecule has 0 unspecified atom stereocenters. The van der Waals surface area contributed by atoms with Gasteiger partial charge in [0.15, 0.2) is 6.61 Å². The van der Waals surface area contributed by atoms with Gasteiger partial charge in [-0.25, -0.2) is 0 Å². The Hall–Kier alpha value is -1.55. The Labute approximate surface area is 147 Å². The highest BCUT2D eigenvalue weighted by Gasteiger charge is 2.40. The zero-order chi connectivity index (χ0) is 17.3. The van der Waals surface area contributed by atoms with Crippen LogP contribution in [0, 0.1) is 31.6 Å². The van der Waals surface area contributed by atoms with Crippen LogP contribution in [-0.2, 0) is 14.3 Å². The van der Waals surface area contributed by atoms with Crippen molar-refractivity contribution in [1.29, 1.82) is 0 Å². The second kappa shape index (κ2) is 7.14. The third-order valence-electron chi connectivity index (χ3n) is 5.37. The lowest BCUT2D eigenvalue weighted by Crippen LogP contribution is -2.23. The van der Waals surface area contributed by atoms with Gasteiger partial charge in [-0.05, 0) is 68.1 Å². The van der Waals surface area contributed by atoms with E-state index in [1.54, 1.807) is 6.07 Å². The zero-order valence-corrected chi connectivity index (χ0v) is 15.0. The highest BCUT2D eigenvalue weighted by atomic mass is 35.5. The Balaban J connectivity index is 1.46. The van der Waals surface area contributed by atoms with Gasteiger partial charge in [0, 0.05) is 6.42 Å². The second-order valence-corrected chi connectivity index (χ2v) is 7.69. The standard InChI is InChI=1S/C19H24ClNO3/c1-11-5-12(2)19(16(20)6-11)21-17(22)10-24-18(23)9-15-8-13-3-4-14(15)7-13/h5-6,13-15H,3-4,7-10H2,1-2H3,(H,21,22)/t13-,14+,15-/m0/s1. The van der Waals surface area contributed by atoms with Crippen LogP contribution in [0.5, 0.6) is 0 Å². The number of carbonyl (C=O) groups is 2. The van der Waals surface area contributed by atoms with E-state index in [9.17, 15) is 9.59 Å². The molecule has 3 atom stereocenters. The Morgan fingerprint density at radius 1 is 1.25 bits per heavy atom. The van der Waals surface area contributed by atoms with Gasteiger partial charge in [-0.15, -0.1) is 0 Å². The molecule has 4 nitrogen and oxygen atoms in total. The van der Waals surface area contributed by atoms with Crippen molar-refractivity contribution in [2.24, 2.45) is 17.8 Å². The van der Waals surface area contributed by atoms with Crippen molar-refractivity contribution in [3.8, 4) is 0 Å². The summed E-state index contributed by atoms with van der Waals surface area (Å²) >= 11 is 6.17. The molecule has 0 heterocycles. The van der Waals surface area contributed by atoms with E-state index in [1.165, 1.54) is 19.3 Å². The highest BCUT2D eigenvalue weighted by Crippen LogP contribution is 2.49. The fourth-order valence-corrected chi connectivity index (χ4v) is 4.66. The van der Waals surface area contributed by atoms with Crippen molar-refractivity contribution in [2.45, 2.75) is 46.0 Å². The normalized spacial score (nSPS) is 24.9. The Morgan fingerprint density at radius 3 is 2.67 bits per heavy atom. The average molecular weight is 350 g/mol. The van der Waals surface area contributed by atoms with Crippen LogP contribution in [0.1, 0.15) is 43.2 Å². The fourth-order valence-electron chi connectivity index (χ4n) is 4.30. The third-order valence-corrected chi connectivity index (χ3v) is 5.67. The summed E-state index contributed by atoms with van der Waals surface area (Å²) in [6.45, 7) is 3.57. The number of hydrogen-bond acceptors (Lipinski definition) is 3. The number of amides is 1. The van der Waals surface area contributed by atoms with Gasteiger partial charge >= 0.3 is 5.97 Å². The summed E-state index contributed by atoms with van der Waals surface area (Å²) in [6, 6.07) is 3.74. The number of benzene rings is 1. The van der Waals surface area contributed by atoms with Gasteiger partial charge < -0.3 is 10.1 Å². The molecule has 130 valence electrons. The number of carbonyl (C=O) groups excluding carboxylic acids is 2. The molecular weight excluding hydrogens is 326 g/mol. The topological polar surface area (TPSA) is 55.4 Å². The van der Waals surface area contributed by atoms with Gasteiger partial charge in [-0.1, -0.05) is 24.1 Å². The molecule has 2 aliphatic rings. The summed E-state index contributed by atoms with van der Waals surface area (Å²) in [5, 5.41) is 3.23. The zero-order valence-electron chi connectivity index (χ0n) is 14.2. The van der Waals surface area contributed by atoms with Gasteiger partial charge in [0.2, 0.25) is 0 Å². The lowest BCUT2D eigenvalue weighted by atomic mass is 9.86. The largest absolute Gasteiger partial charge is 0.456 e. The van der Waals surface area contributed by atoms with Gasteiger partial charge in [0.05, 0.1) is 10.7 Å². The van der Waals surface area contributed by atoms with Crippen molar-refractivity contribution in [1.82, 2.24) is 0 Å². The maximum Gasteiger partial charge on any atom is 0.306 e. The Morgan fingerprint density at radius 2 is 2.04 bits per heavy atom. The molecule has 0 radical (unpaired) electrons. The summed E-state index contributed by atoms with van der Waals surface area (Å²) in [5.74, 6) is 1.32. The van der Waals surface area contributed by atoms with E-state index in [2.05, 4.69) is 5.32 Å². The molecule has 1 N–H and O–H groups in total. The molecule has 2 aliphatic carbocycles. The molecule has 1 aromatic carbocycles. The molecule has 2 fully saturated rings. The molecule has 0 aliphatic heterocycles. The first-order valence-electron chi connectivity index (χ1n) is 8.64. The van der Waals surface area contributed by atoms with E-state index in [4.69, 9.17) is 16.3 Å². The van der Waals surface area contributed by atoms with Crippen LogP contribution in [-0.4, -0.2) is 18.5 Å². The summed E-state index contributed by atoms with van der Waals surface area (Å²) in [7, 11) is 0. The molecule has 24 heavy (non-hydrogen) atoms. The predicted octanol–water partition coefficient (Wildman–Crippen LogP) is 4.26. The number of ether oxygens (including phenoxy) is 1. The highest BCUT2D eigenvalue weighted by molar-refractivity contribution is 6.34. The van der Waals surface area contributed by atoms with Crippen LogP contribution in [0.4, 0.5) is 5.69 Å². The molecular formula is C19H24ClNO3. The first-order chi connectivity index (χ1) is 11.4. The van der Waals surface area contributed by atoms with Gasteiger partial charge in [-0.2, -0.15) is 0 Å². The first-order valence-corrected chi connectivity index (χ1v) is 9.02. The van der Waals surface area contributed by atoms with Crippen molar-refractivity contribution in [3.05, 3.63) is 28.3 Å². The van der Waals surface area contributed by atoms with Crippen molar-refractivity contribution >= 4 is 29.2 Å². The Bertz CT molecular complexity index is 635. The summed E-state index contributed by atoms with van der Waals surface area (Å²) in [4.78, 5) is 24.0. The van der Waals surface area contributed by atoms with E-state index in [1.807, 2.05) is 19.9 Å². The average Bonchev–Trinajstić information content (AvgIpc) is 3.11. The maximum absolute atomic E-state index is 12.0. The van der Waals surface area contributed by atoms with Crippen LogP contribution >= 0.6 is 11.6 Å². The molecule has 0 spiro atoms. The van der Waals surface area contributed by atoms with Gasteiger partial charge in [-0.3, -0.25) is 9.59 Å². The van der Waals surface area contributed by atoms with Crippen molar-refractivity contribution in [3.63, 3.8) is 0 Å².